The van der Waals surface area contributed by atoms with Crippen molar-refractivity contribution < 1.29 is 38.9 Å². The Hall–Kier alpha value is -5.86. The summed E-state index contributed by atoms with van der Waals surface area (Å²) in [5, 5.41) is 34.8. The molecule has 0 bridgehead atoms. The van der Waals surface area contributed by atoms with Gasteiger partial charge in [0.05, 0.1) is 12.1 Å². The number of aliphatic hydroxyl groups is 2. The Kier molecular flexibility index (Phi) is 16.8. The maximum absolute atomic E-state index is 13.9. The normalized spacial score (nSPS) is 14.4. The van der Waals surface area contributed by atoms with E-state index in [2.05, 4.69) is 31.2 Å². The molecule has 2 heterocycles. The molecular weight excluding hydrogens is 716 g/mol. The number of benzene rings is 2. The number of carbonyl (C=O) groups excluding carboxylic acids is 4. The molecule has 0 aliphatic carbocycles. The first kappa shape index (κ1) is 42.9. The number of rotatable bonds is 19. The Morgan fingerprint density at radius 2 is 0.893 bits per heavy atom. The van der Waals surface area contributed by atoms with Crippen LogP contribution in [0.2, 0.25) is 0 Å². The van der Waals surface area contributed by atoms with E-state index in [-0.39, 0.29) is 37.9 Å². The van der Waals surface area contributed by atoms with E-state index in [9.17, 15) is 29.4 Å². The van der Waals surface area contributed by atoms with Crippen LogP contribution in [0.15, 0.2) is 110 Å². The van der Waals surface area contributed by atoms with E-state index >= 15 is 0 Å². The molecule has 6 N–H and O–H groups in total. The number of alkyl carbamates (subject to hydrolysis) is 2. The number of nitrogens with zero attached hydrogens (tertiary/aromatic N) is 2. The number of carbonyl (C=O) groups is 4. The summed E-state index contributed by atoms with van der Waals surface area (Å²) in [5.41, 5.74) is 2.85. The third-order valence-corrected chi connectivity index (χ3v) is 9.06. The number of aliphatic hydroxyl groups excluding tert-OH is 2. The molecule has 56 heavy (non-hydrogen) atoms. The second-order valence-corrected chi connectivity index (χ2v) is 14.2. The van der Waals surface area contributed by atoms with Crippen LogP contribution in [0.1, 0.15) is 49.9 Å². The zero-order valence-corrected chi connectivity index (χ0v) is 32.1. The molecular formula is C42H52N6O8. The van der Waals surface area contributed by atoms with Crippen molar-refractivity contribution in [3.05, 3.63) is 132 Å². The van der Waals surface area contributed by atoms with Crippen molar-refractivity contribution in [3.8, 4) is 0 Å². The zero-order chi connectivity index (χ0) is 40.5. The molecule has 0 aliphatic heterocycles. The monoisotopic (exact) mass is 768 g/mol. The van der Waals surface area contributed by atoms with Gasteiger partial charge >= 0.3 is 12.2 Å². The van der Waals surface area contributed by atoms with Crippen molar-refractivity contribution in [1.82, 2.24) is 31.2 Å². The average molecular weight is 769 g/mol. The third kappa shape index (κ3) is 13.8. The van der Waals surface area contributed by atoms with Crippen LogP contribution in [0.4, 0.5) is 9.59 Å². The van der Waals surface area contributed by atoms with E-state index in [1.807, 2.05) is 60.7 Å². The molecule has 0 saturated heterocycles. The Balaban J connectivity index is 1.53. The summed E-state index contributed by atoms with van der Waals surface area (Å²) in [4.78, 5) is 61.3. The number of nitrogens with one attached hydrogen (secondary N) is 4. The van der Waals surface area contributed by atoms with Crippen LogP contribution >= 0.6 is 0 Å². The van der Waals surface area contributed by atoms with Gasteiger partial charge in [-0.05, 0) is 47.9 Å². The average Bonchev–Trinajstić information content (AvgIpc) is 3.20. The van der Waals surface area contributed by atoms with Crippen molar-refractivity contribution in [2.24, 2.45) is 11.8 Å². The summed E-state index contributed by atoms with van der Waals surface area (Å²) < 4.78 is 10.7. The summed E-state index contributed by atoms with van der Waals surface area (Å²) in [6.07, 6.45) is 1.66. The second kappa shape index (κ2) is 21.9. The van der Waals surface area contributed by atoms with Gasteiger partial charge in [0.2, 0.25) is 11.8 Å². The number of hydrogen-bond acceptors (Lipinski definition) is 10. The van der Waals surface area contributed by atoms with Crippen molar-refractivity contribution >= 4 is 24.0 Å². The third-order valence-electron chi connectivity index (χ3n) is 9.06. The molecule has 0 aliphatic rings. The summed E-state index contributed by atoms with van der Waals surface area (Å²) in [6, 6.07) is 20.8. The molecule has 2 aromatic carbocycles. The van der Waals surface area contributed by atoms with E-state index in [0.29, 0.717) is 11.1 Å². The van der Waals surface area contributed by atoms with Gasteiger partial charge in [-0.15, -0.1) is 0 Å². The predicted molar refractivity (Wildman–Crippen MR) is 209 cm³/mol. The molecule has 2 aromatic heterocycles. The maximum atomic E-state index is 13.9. The SMILES string of the molecule is CC(C)[C@H](NC(=O)OCc1cccnc1)C(=O)N[C@@H](Cc1ccccc1)[C@H](O)[C@H](O)[C@H](Cc1ccccc1)NC(=O)[C@@H](NC(=O)OCc1cccnc1)C(C)C. The molecule has 298 valence electrons. The molecule has 4 amide bonds. The fraction of sp³-hybridized carbons (Fsp3) is 0.381. The molecule has 0 radical (unpaired) electrons. The minimum atomic E-state index is -1.62. The lowest BCUT2D eigenvalue weighted by Crippen LogP contribution is -2.61. The van der Waals surface area contributed by atoms with Gasteiger partial charge in [0.15, 0.2) is 0 Å². The van der Waals surface area contributed by atoms with E-state index in [1.54, 1.807) is 76.7 Å². The molecule has 6 atom stereocenters. The quantitative estimate of drug-likeness (QED) is 0.0814. The Labute approximate surface area is 327 Å². The van der Waals surface area contributed by atoms with Crippen LogP contribution in [-0.2, 0) is 45.1 Å². The lowest BCUT2D eigenvalue weighted by atomic mass is 9.90. The highest BCUT2D eigenvalue weighted by atomic mass is 16.6. The highest BCUT2D eigenvalue weighted by Crippen LogP contribution is 2.17. The summed E-state index contributed by atoms with van der Waals surface area (Å²) >= 11 is 0. The first-order valence-corrected chi connectivity index (χ1v) is 18.6. The zero-order valence-electron chi connectivity index (χ0n) is 32.1. The van der Waals surface area contributed by atoms with Crippen molar-refractivity contribution in [2.75, 3.05) is 0 Å². The molecule has 14 heteroatoms. The number of amides is 4. The molecule has 4 rings (SSSR count). The molecule has 0 saturated carbocycles. The standard InChI is InChI=1S/C42H52N6O8/c1-27(2)35(47-41(53)55-25-31-17-11-19-43-23-31)39(51)45-33(21-29-13-7-5-8-14-29)37(49)38(50)34(22-30-15-9-6-10-16-30)46-40(52)36(28(3)4)48-42(54)56-26-32-18-12-20-44-24-32/h5-20,23-24,27-28,33-38,49-50H,21-22,25-26H2,1-4H3,(H,45,51)(H,46,52)(H,47,53)(H,48,54)/t33-,34-,35-,36-,37-,38+/m0/s1. The fourth-order valence-corrected chi connectivity index (χ4v) is 5.94. The fourth-order valence-electron chi connectivity index (χ4n) is 5.94. The van der Waals surface area contributed by atoms with Gasteiger partial charge in [-0.25, -0.2) is 9.59 Å². The lowest BCUT2D eigenvalue weighted by molar-refractivity contribution is -0.129. The van der Waals surface area contributed by atoms with Gasteiger partial charge < -0.3 is 41.0 Å². The predicted octanol–water partition coefficient (Wildman–Crippen LogP) is 3.86. The van der Waals surface area contributed by atoms with Crippen molar-refractivity contribution in [1.29, 1.82) is 0 Å². The van der Waals surface area contributed by atoms with Crippen LogP contribution in [0.5, 0.6) is 0 Å². The van der Waals surface area contributed by atoms with E-state index < -0.39 is 60.4 Å². The van der Waals surface area contributed by atoms with E-state index in [0.717, 1.165) is 11.1 Å². The molecule has 14 nitrogen and oxygen atoms in total. The first-order chi connectivity index (χ1) is 26.9. The molecule has 4 aromatic rings. The van der Waals surface area contributed by atoms with Gasteiger partial charge in [-0.3, -0.25) is 19.6 Å². The van der Waals surface area contributed by atoms with Crippen LogP contribution in [0, 0.1) is 11.8 Å². The number of pyridine rings is 2. The molecule has 0 fully saturated rings. The van der Waals surface area contributed by atoms with Gasteiger partial charge in [-0.1, -0.05) is 100 Å². The minimum Gasteiger partial charge on any atom is -0.445 e. The number of ether oxygens (including phenoxy) is 2. The smallest absolute Gasteiger partial charge is 0.408 e. The number of aromatic nitrogens is 2. The topological polar surface area (TPSA) is 201 Å². The van der Waals surface area contributed by atoms with Gasteiger partial charge in [0.25, 0.3) is 0 Å². The lowest BCUT2D eigenvalue weighted by Gasteiger charge is -2.35. The van der Waals surface area contributed by atoms with E-state index in [1.165, 1.54) is 0 Å². The largest absolute Gasteiger partial charge is 0.445 e. The number of hydrogen-bond donors (Lipinski definition) is 6. The van der Waals surface area contributed by atoms with Crippen molar-refractivity contribution in [3.63, 3.8) is 0 Å². The second-order valence-electron chi connectivity index (χ2n) is 14.2. The van der Waals surface area contributed by atoms with E-state index in [4.69, 9.17) is 9.47 Å². The highest BCUT2D eigenvalue weighted by Gasteiger charge is 2.37. The Morgan fingerprint density at radius 3 is 1.21 bits per heavy atom. The van der Waals surface area contributed by atoms with Crippen molar-refractivity contribution in [2.45, 2.75) is 90.1 Å². The van der Waals surface area contributed by atoms with Gasteiger partial charge in [0.1, 0.15) is 37.5 Å². The highest BCUT2D eigenvalue weighted by molar-refractivity contribution is 5.87. The maximum Gasteiger partial charge on any atom is 0.408 e. The molecule has 0 unspecified atom stereocenters. The van der Waals surface area contributed by atoms with Crippen LogP contribution in [0.25, 0.3) is 0 Å². The Morgan fingerprint density at radius 1 is 0.536 bits per heavy atom. The van der Waals surface area contributed by atoms with Crippen LogP contribution in [-0.4, -0.2) is 80.6 Å². The Bertz CT molecular complexity index is 1670. The summed E-state index contributed by atoms with van der Waals surface area (Å²) in [5.74, 6) is -1.99. The van der Waals surface area contributed by atoms with Crippen LogP contribution in [0.3, 0.4) is 0 Å². The van der Waals surface area contributed by atoms with Gasteiger partial charge in [0, 0.05) is 35.9 Å². The van der Waals surface area contributed by atoms with Crippen LogP contribution < -0.4 is 21.3 Å². The first-order valence-electron chi connectivity index (χ1n) is 18.6. The molecule has 0 spiro atoms. The van der Waals surface area contributed by atoms with Gasteiger partial charge in [-0.2, -0.15) is 0 Å². The summed E-state index contributed by atoms with van der Waals surface area (Å²) in [6.45, 7) is 6.90. The minimum absolute atomic E-state index is 0.0536. The summed E-state index contributed by atoms with van der Waals surface area (Å²) in [7, 11) is 0.